The van der Waals surface area contributed by atoms with E-state index < -0.39 is 23.9 Å². The summed E-state index contributed by atoms with van der Waals surface area (Å²) in [4.78, 5) is 46.1. The highest BCUT2D eigenvalue weighted by molar-refractivity contribution is 5.85. The average Bonchev–Trinajstić information content (AvgIpc) is 3.15. The fourth-order valence-corrected chi connectivity index (χ4v) is 5.58. The monoisotopic (exact) mass is 488 g/mol. The zero-order valence-corrected chi connectivity index (χ0v) is 19.9. The number of methoxy groups -OCH3 is 1. The third-order valence-corrected chi connectivity index (χ3v) is 7.16. The number of aliphatic hydroxyl groups is 1. The lowest BCUT2D eigenvalue weighted by Crippen LogP contribution is -2.50. The molecule has 2 N–H and O–H groups in total. The van der Waals surface area contributed by atoms with Crippen molar-refractivity contribution in [2.24, 2.45) is 11.8 Å². The van der Waals surface area contributed by atoms with E-state index in [0.29, 0.717) is 17.0 Å². The lowest BCUT2D eigenvalue weighted by atomic mass is 9.86. The van der Waals surface area contributed by atoms with Gasteiger partial charge in [-0.2, -0.15) is 0 Å². The molecule has 4 atom stereocenters. The van der Waals surface area contributed by atoms with Gasteiger partial charge in [-0.05, 0) is 29.8 Å². The van der Waals surface area contributed by atoms with Crippen LogP contribution in [0.25, 0.3) is 11.1 Å². The number of pyridine rings is 2. The Bertz CT molecular complexity index is 1310. The number of amides is 2. The maximum absolute atomic E-state index is 13.6. The summed E-state index contributed by atoms with van der Waals surface area (Å²) in [5, 5.41) is 13.3. The molecule has 9 heteroatoms. The molecule has 9 nitrogen and oxygen atoms in total. The maximum Gasteiger partial charge on any atom is 0.258 e. The zero-order valence-electron chi connectivity index (χ0n) is 19.9. The van der Waals surface area contributed by atoms with Gasteiger partial charge in [0.15, 0.2) is 0 Å². The van der Waals surface area contributed by atoms with E-state index in [4.69, 9.17) is 4.74 Å². The van der Waals surface area contributed by atoms with Crippen molar-refractivity contribution in [3.8, 4) is 11.1 Å². The Labute approximate surface area is 208 Å². The number of nitrogens with zero attached hydrogens (tertiary/aromatic N) is 3. The van der Waals surface area contributed by atoms with Gasteiger partial charge in [0.25, 0.3) is 5.56 Å². The second-order valence-corrected chi connectivity index (χ2v) is 9.11. The van der Waals surface area contributed by atoms with E-state index in [1.165, 1.54) is 7.11 Å². The molecule has 1 saturated heterocycles. The molecule has 4 heterocycles. The summed E-state index contributed by atoms with van der Waals surface area (Å²) in [5.41, 5.74) is 2.44. The molecule has 0 spiro atoms. The molecule has 2 aliphatic heterocycles. The number of hydrogen-bond acceptors (Lipinski definition) is 6. The van der Waals surface area contributed by atoms with Crippen LogP contribution in [0.15, 0.2) is 71.7 Å². The van der Waals surface area contributed by atoms with Gasteiger partial charge in [-0.3, -0.25) is 19.4 Å². The smallest absolute Gasteiger partial charge is 0.258 e. The topological polar surface area (TPSA) is 114 Å². The van der Waals surface area contributed by atoms with Crippen LogP contribution in [0.3, 0.4) is 0 Å². The minimum atomic E-state index is -0.736. The van der Waals surface area contributed by atoms with Crippen molar-refractivity contribution in [3.05, 3.63) is 88.6 Å². The van der Waals surface area contributed by atoms with Gasteiger partial charge >= 0.3 is 0 Å². The molecule has 2 amide bonds. The highest BCUT2D eigenvalue weighted by Gasteiger charge is 2.57. The van der Waals surface area contributed by atoms with Gasteiger partial charge in [0.2, 0.25) is 11.8 Å². The molecular weight excluding hydrogens is 460 g/mol. The lowest BCUT2D eigenvalue weighted by Gasteiger charge is -2.38. The van der Waals surface area contributed by atoms with Crippen LogP contribution in [0.1, 0.15) is 17.4 Å². The molecular formula is C27H28N4O5. The number of hydrogen-bond donors (Lipinski definition) is 2. The van der Waals surface area contributed by atoms with Crippen molar-refractivity contribution < 1.29 is 19.4 Å². The number of carbonyl (C=O) groups is 2. The van der Waals surface area contributed by atoms with Crippen LogP contribution in [0.4, 0.5) is 0 Å². The first-order chi connectivity index (χ1) is 17.5. The third-order valence-electron chi connectivity index (χ3n) is 7.16. The van der Waals surface area contributed by atoms with Gasteiger partial charge in [0.05, 0.1) is 30.2 Å². The summed E-state index contributed by atoms with van der Waals surface area (Å²) in [7, 11) is 1.44. The van der Waals surface area contributed by atoms with Crippen molar-refractivity contribution in [2.45, 2.75) is 25.2 Å². The minimum absolute atomic E-state index is 0.153. The molecule has 0 saturated carbocycles. The van der Waals surface area contributed by atoms with Crippen LogP contribution < -0.4 is 10.9 Å². The Kier molecular flexibility index (Phi) is 6.67. The fraction of sp³-hybridized carbons (Fsp3) is 0.333. The number of nitrogens with one attached hydrogen (secondary N) is 1. The number of fused-ring (bicyclic) bond motifs is 4. The van der Waals surface area contributed by atoms with Crippen molar-refractivity contribution in [1.29, 1.82) is 0 Å². The lowest BCUT2D eigenvalue weighted by molar-refractivity contribution is -0.140. The summed E-state index contributed by atoms with van der Waals surface area (Å²) in [6, 6.07) is 17.2. The molecule has 3 aromatic rings. The maximum atomic E-state index is 13.6. The summed E-state index contributed by atoms with van der Waals surface area (Å²) < 4.78 is 6.76. The molecule has 186 valence electrons. The van der Waals surface area contributed by atoms with E-state index in [1.807, 2.05) is 48.5 Å². The number of carbonyl (C=O) groups excluding carboxylic acids is 2. The largest absolute Gasteiger partial charge is 0.396 e. The van der Waals surface area contributed by atoms with Crippen molar-refractivity contribution in [1.82, 2.24) is 19.8 Å². The summed E-state index contributed by atoms with van der Waals surface area (Å²) in [6.45, 7) is -0.0405. The van der Waals surface area contributed by atoms with Crippen LogP contribution in [0.5, 0.6) is 0 Å². The average molecular weight is 489 g/mol. The standard InChI is InChI=1S/C27H28N4O5/c1-36-16-23(33)31-22-14-30-21(11-10-19(27(30)35)17-7-3-2-4-8-17)25(31)24(20(22)15-32)26(34)29-13-18-9-5-6-12-28-18/h2-12,20,22,24-25,32H,13-16H2,1H3,(H,29,34)/t20-,22-,24+,25+/m1/s1. The van der Waals surface area contributed by atoms with Crippen molar-refractivity contribution in [3.63, 3.8) is 0 Å². The second-order valence-electron chi connectivity index (χ2n) is 9.11. The summed E-state index contributed by atoms with van der Waals surface area (Å²) >= 11 is 0. The van der Waals surface area contributed by atoms with Gasteiger partial charge in [-0.1, -0.05) is 36.4 Å². The predicted molar refractivity (Wildman–Crippen MR) is 132 cm³/mol. The van der Waals surface area contributed by atoms with Gasteiger partial charge in [0, 0.05) is 43.6 Å². The van der Waals surface area contributed by atoms with Crippen molar-refractivity contribution in [2.75, 3.05) is 20.3 Å². The molecule has 2 bridgehead atoms. The molecule has 2 aromatic heterocycles. The summed E-state index contributed by atoms with van der Waals surface area (Å²) in [5.74, 6) is -1.86. The van der Waals surface area contributed by atoms with Crippen LogP contribution in [0.2, 0.25) is 0 Å². The number of aromatic nitrogens is 2. The molecule has 1 fully saturated rings. The normalized spacial score (nSPS) is 22.2. The zero-order chi connectivity index (χ0) is 25.2. The first kappa shape index (κ1) is 23.9. The molecule has 0 aliphatic carbocycles. The fourth-order valence-electron chi connectivity index (χ4n) is 5.58. The third kappa shape index (κ3) is 4.10. The highest BCUT2D eigenvalue weighted by Crippen LogP contribution is 2.48. The van der Waals surface area contributed by atoms with Gasteiger partial charge in [-0.25, -0.2) is 0 Å². The summed E-state index contributed by atoms with van der Waals surface area (Å²) in [6.07, 6.45) is 1.65. The molecule has 36 heavy (non-hydrogen) atoms. The van der Waals surface area contributed by atoms with E-state index in [0.717, 1.165) is 5.56 Å². The van der Waals surface area contributed by atoms with Gasteiger partial charge in [0.1, 0.15) is 6.61 Å². The van der Waals surface area contributed by atoms with Crippen LogP contribution in [-0.2, 0) is 27.4 Å². The molecule has 0 unspecified atom stereocenters. The number of rotatable bonds is 7. The molecule has 1 aromatic carbocycles. The Morgan fingerprint density at radius 2 is 1.89 bits per heavy atom. The molecule has 2 aliphatic rings. The SMILES string of the molecule is COCC(=O)N1[C@@H]2Cn3c(ccc(-c4ccccc4)c3=O)[C@H]1[C@@H](C(=O)NCc1ccccn1)[C@@H]2CO. The van der Waals surface area contributed by atoms with Crippen LogP contribution in [0, 0.1) is 11.8 Å². The molecule has 5 rings (SSSR count). The predicted octanol–water partition coefficient (Wildman–Crippen LogP) is 1.36. The number of ether oxygens (including phenoxy) is 1. The van der Waals surface area contributed by atoms with Crippen LogP contribution >= 0.6 is 0 Å². The first-order valence-corrected chi connectivity index (χ1v) is 11.9. The van der Waals surface area contributed by atoms with E-state index in [2.05, 4.69) is 10.3 Å². The van der Waals surface area contributed by atoms with Crippen LogP contribution in [-0.4, -0.2) is 57.7 Å². The number of aliphatic hydroxyl groups excluding tert-OH is 1. The Morgan fingerprint density at radius 1 is 1.11 bits per heavy atom. The van der Waals surface area contributed by atoms with Gasteiger partial charge < -0.3 is 24.6 Å². The first-order valence-electron chi connectivity index (χ1n) is 11.9. The molecule has 0 radical (unpaired) electrons. The second kappa shape index (κ2) is 10.0. The Balaban J connectivity index is 1.56. The van der Waals surface area contributed by atoms with E-state index in [1.54, 1.807) is 27.8 Å². The van der Waals surface area contributed by atoms with E-state index >= 15 is 0 Å². The van der Waals surface area contributed by atoms with E-state index in [9.17, 15) is 19.5 Å². The Hall–Kier alpha value is -3.82. The van der Waals surface area contributed by atoms with Gasteiger partial charge in [-0.15, -0.1) is 0 Å². The quantitative estimate of drug-likeness (QED) is 0.519. The van der Waals surface area contributed by atoms with Crippen molar-refractivity contribution >= 4 is 11.8 Å². The van der Waals surface area contributed by atoms with E-state index in [-0.39, 0.29) is 43.7 Å². The number of benzene rings is 1. The Morgan fingerprint density at radius 3 is 2.58 bits per heavy atom. The highest BCUT2D eigenvalue weighted by atomic mass is 16.5. The minimum Gasteiger partial charge on any atom is -0.396 e.